The van der Waals surface area contributed by atoms with Crippen LogP contribution in [0.15, 0.2) is 30.3 Å². The van der Waals surface area contributed by atoms with Gasteiger partial charge in [-0.15, -0.1) is 0 Å². The molecular formula is C21H30O5Si. The van der Waals surface area contributed by atoms with Crippen LogP contribution in [0.1, 0.15) is 51.3 Å². The van der Waals surface area contributed by atoms with Gasteiger partial charge in [0.05, 0.1) is 6.61 Å². The number of rotatable bonds is 6. The minimum Gasteiger partial charge on any atom is -0.466 e. The second kappa shape index (κ2) is 8.40. The maximum atomic E-state index is 12.2. The fourth-order valence-electron chi connectivity index (χ4n) is 2.65. The van der Waals surface area contributed by atoms with Crippen LogP contribution in [-0.4, -0.2) is 33.0 Å². The fourth-order valence-corrected chi connectivity index (χ4v) is 3.90. The molecule has 0 unspecified atom stereocenters. The summed E-state index contributed by atoms with van der Waals surface area (Å²) < 4.78 is 17.1. The van der Waals surface area contributed by atoms with Crippen LogP contribution in [0.4, 0.5) is 0 Å². The zero-order valence-electron chi connectivity index (χ0n) is 17.1. The van der Waals surface area contributed by atoms with E-state index in [0.717, 1.165) is 11.1 Å². The second-order valence-corrected chi connectivity index (χ2v) is 13.0. The van der Waals surface area contributed by atoms with E-state index in [4.69, 9.17) is 13.9 Å². The molecule has 27 heavy (non-hydrogen) atoms. The number of fused-ring (bicyclic) bond motifs is 1. The van der Waals surface area contributed by atoms with E-state index < -0.39 is 38.9 Å². The van der Waals surface area contributed by atoms with Crippen molar-refractivity contribution in [1.29, 1.82) is 0 Å². The van der Waals surface area contributed by atoms with Gasteiger partial charge >= 0.3 is 11.9 Å². The number of hydrogen-bond acceptors (Lipinski definition) is 5. The Hall–Kier alpha value is -1.92. The summed E-state index contributed by atoms with van der Waals surface area (Å²) in [5.74, 6) is -1.18. The number of benzene rings is 1. The third-order valence-electron chi connectivity index (χ3n) is 5.16. The van der Waals surface area contributed by atoms with Crippen molar-refractivity contribution in [3.05, 3.63) is 41.5 Å². The van der Waals surface area contributed by atoms with Crippen molar-refractivity contribution in [1.82, 2.24) is 0 Å². The lowest BCUT2D eigenvalue weighted by atomic mass is 9.93. The molecule has 0 heterocycles. The van der Waals surface area contributed by atoms with Crippen LogP contribution in [0.5, 0.6) is 0 Å². The molecule has 0 amide bonds. The van der Waals surface area contributed by atoms with Crippen molar-refractivity contribution in [2.24, 2.45) is 0 Å². The number of carbonyl (C=O) groups is 2. The van der Waals surface area contributed by atoms with E-state index in [1.165, 1.54) is 0 Å². The van der Waals surface area contributed by atoms with E-state index >= 15 is 0 Å². The summed E-state index contributed by atoms with van der Waals surface area (Å²) in [7, 11) is -2.12. The van der Waals surface area contributed by atoms with Crippen LogP contribution >= 0.6 is 0 Å². The molecule has 0 saturated heterocycles. The van der Waals surface area contributed by atoms with Crippen LogP contribution in [0, 0.1) is 0 Å². The minimum absolute atomic E-state index is 0.0165. The highest BCUT2D eigenvalue weighted by atomic mass is 28.4. The lowest BCUT2D eigenvalue weighted by Crippen LogP contribution is -2.45. The van der Waals surface area contributed by atoms with Crippen LogP contribution in [-0.2, 0) is 23.5 Å². The molecule has 0 radical (unpaired) electrons. The first-order valence-corrected chi connectivity index (χ1v) is 12.3. The molecule has 148 valence electrons. The molecule has 0 aromatic heterocycles. The van der Waals surface area contributed by atoms with Crippen LogP contribution < -0.4 is 0 Å². The molecule has 0 fully saturated rings. The first-order valence-electron chi connectivity index (χ1n) is 9.35. The van der Waals surface area contributed by atoms with E-state index in [1.54, 1.807) is 6.92 Å². The Kier molecular flexibility index (Phi) is 6.65. The normalized spacial score (nSPS) is 19.3. The Morgan fingerprint density at radius 3 is 2.41 bits per heavy atom. The topological polar surface area (TPSA) is 61.8 Å². The summed E-state index contributed by atoms with van der Waals surface area (Å²) in [5.41, 5.74) is 2.05. The van der Waals surface area contributed by atoms with Crippen molar-refractivity contribution < 1.29 is 23.5 Å². The maximum Gasteiger partial charge on any atom is 0.317 e. The van der Waals surface area contributed by atoms with Crippen molar-refractivity contribution in [2.75, 3.05) is 6.61 Å². The molecule has 1 aliphatic carbocycles. The number of hydrogen-bond donors (Lipinski definition) is 0. The Morgan fingerprint density at radius 2 is 1.78 bits per heavy atom. The van der Waals surface area contributed by atoms with E-state index in [-0.39, 0.29) is 11.6 Å². The summed E-state index contributed by atoms with van der Waals surface area (Å²) in [4.78, 5) is 23.8. The van der Waals surface area contributed by atoms with Crippen molar-refractivity contribution in [3.63, 3.8) is 0 Å². The number of ether oxygens (including phenoxy) is 2. The van der Waals surface area contributed by atoms with Crippen LogP contribution in [0.3, 0.4) is 0 Å². The van der Waals surface area contributed by atoms with E-state index in [1.807, 2.05) is 36.4 Å². The SMILES string of the molecule is CCOC(=O)CC(=O)O[C@H]1C=Cc2ccccc2[C@@H]1O[Si](C)(C)C(C)(C)C. The predicted octanol–water partition coefficient (Wildman–Crippen LogP) is 4.64. The molecular weight excluding hydrogens is 360 g/mol. The summed E-state index contributed by atoms with van der Waals surface area (Å²) >= 11 is 0. The lowest BCUT2D eigenvalue weighted by Gasteiger charge is -2.42. The average Bonchev–Trinajstić information content (AvgIpc) is 2.56. The van der Waals surface area contributed by atoms with Gasteiger partial charge in [-0.2, -0.15) is 0 Å². The Bertz CT molecular complexity index is 718. The first kappa shape index (κ1) is 21.4. The molecule has 1 aliphatic rings. The number of esters is 2. The molecule has 0 N–H and O–H groups in total. The molecule has 6 heteroatoms. The van der Waals surface area contributed by atoms with Gasteiger partial charge in [-0.1, -0.05) is 51.1 Å². The molecule has 0 spiro atoms. The quantitative estimate of drug-likeness (QED) is 0.402. The standard InChI is InChI=1S/C21H30O5Si/c1-7-24-18(22)14-19(23)25-17-13-12-15-10-8-9-11-16(15)20(17)26-27(5,6)21(2,3)4/h8-13,17,20H,7,14H2,1-6H3/t17-,20-/m0/s1. The summed E-state index contributed by atoms with van der Waals surface area (Å²) in [5, 5.41) is 0.0165. The molecule has 2 atom stereocenters. The summed E-state index contributed by atoms with van der Waals surface area (Å²) in [6.07, 6.45) is 2.41. The predicted molar refractivity (Wildman–Crippen MR) is 108 cm³/mol. The highest BCUT2D eigenvalue weighted by Gasteiger charge is 2.42. The van der Waals surface area contributed by atoms with Crippen molar-refractivity contribution >= 4 is 26.3 Å². The molecule has 1 aromatic carbocycles. The Morgan fingerprint density at radius 1 is 1.11 bits per heavy atom. The molecule has 0 bridgehead atoms. The number of carbonyl (C=O) groups excluding carboxylic acids is 2. The van der Waals surface area contributed by atoms with Gasteiger partial charge in [0.1, 0.15) is 18.6 Å². The lowest BCUT2D eigenvalue weighted by molar-refractivity contribution is -0.159. The molecule has 0 aliphatic heterocycles. The monoisotopic (exact) mass is 390 g/mol. The van der Waals surface area contributed by atoms with E-state index in [0.29, 0.717) is 0 Å². The zero-order chi connectivity index (χ0) is 20.2. The zero-order valence-corrected chi connectivity index (χ0v) is 18.1. The third-order valence-corrected chi connectivity index (χ3v) is 9.61. The van der Waals surface area contributed by atoms with Gasteiger partial charge in [0.25, 0.3) is 0 Å². The average molecular weight is 391 g/mol. The molecule has 0 saturated carbocycles. The van der Waals surface area contributed by atoms with Gasteiger partial charge in [-0.25, -0.2) is 0 Å². The van der Waals surface area contributed by atoms with Gasteiger partial charge in [-0.05, 0) is 42.3 Å². The van der Waals surface area contributed by atoms with Gasteiger partial charge < -0.3 is 13.9 Å². The first-order chi connectivity index (χ1) is 12.5. The maximum absolute atomic E-state index is 12.2. The van der Waals surface area contributed by atoms with Crippen LogP contribution in [0.2, 0.25) is 18.1 Å². The second-order valence-electron chi connectivity index (χ2n) is 8.22. The van der Waals surface area contributed by atoms with Gasteiger partial charge in [-0.3, -0.25) is 9.59 Å². The molecule has 1 aromatic rings. The highest BCUT2D eigenvalue weighted by molar-refractivity contribution is 6.74. The molecule has 2 rings (SSSR count). The summed E-state index contributed by atoms with van der Waals surface area (Å²) in [6.45, 7) is 12.8. The smallest absolute Gasteiger partial charge is 0.317 e. The largest absolute Gasteiger partial charge is 0.466 e. The van der Waals surface area contributed by atoms with Crippen molar-refractivity contribution in [3.8, 4) is 0 Å². The summed E-state index contributed by atoms with van der Waals surface area (Å²) in [6, 6.07) is 7.95. The van der Waals surface area contributed by atoms with Crippen LogP contribution in [0.25, 0.3) is 6.08 Å². The van der Waals surface area contributed by atoms with E-state index in [9.17, 15) is 9.59 Å². The van der Waals surface area contributed by atoms with Crippen molar-refractivity contribution in [2.45, 2.75) is 64.5 Å². The highest BCUT2D eigenvalue weighted by Crippen LogP contribution is 2.43. The van der Waals surface area contributed by atoms with E-state index in [2.05, 4.69) is 33.9 Å². The van der Waals surface area contributed by atoms with Gasteiger partial charge in [0.15, 0.2) is 8.32 Å². The Balaban J connectivity index is 2.25. The Labute approximate surface area is 162 Å². The third kappa shape index (κ3) is 5.29. The van der Waals surface area contributed by atoms with Gasteiger partial charge in [0, 0.05) is 0 Å². The van der Waals surface area contributed by atoms with Gasteiger partial charge in [0.2, 0.25) is 0 Å². The minimum atomic E-state index is -2.12. The fraction of sp³-hybridized carbons (Fsp3) is 0.524. The molecule has 5 nitrogen and oxygen atoms in total.